The van der Waals surface area contributed by atoms with Crippen LogP contribution < -0.4 is 16.0 Å². The molecule has 1 aromatic heterocycles. The number of hydrogen-bond donors (Lipinski definition) is 3. The maximum absolute atomic E-state index is 12.7. The van der Waals surface area contributed by atoms with E-state index in [-0.39, 0.29) is 0 Å². The lowest BCUT2D eigenvalue weighted by Crippen LogP contribution is -2.46. The minimum Gasteiger partial charge on any atom is -0.444 e. The summed E-state index contributed by atoms with van der Waals surface area (Å²) in [5, 5.41) is 7.98. The molecule has 1 aromatic rings. The molecule has 0 aliphatic heterocycles. The van der Waals surface area contributed by atoms with Crippen LogP contribution in [0.5, 0.6) is 0 Å². The van der Waals surface area contributed by atoms with E-state index >= 15 is 0 Å². The highest BCUT2D eigenvalue weighted by Gasteiger charge is 2.24. The quantitative estimate of drug-likeness (QED) is 0.456. The van der Waals surface area contributed by atoms with Crippen LogP contribution in [0.3, 0.4) is 0 Å². The normalized spacial score (nSPS) is 12.5. The highest BCUT2D eigenvalue weighted by atomic mass is 79.9. The number of nitrogens with one attached hydrogen (secondary N) is 3. The number of aromatic nitrogens is 1. The second kappa shape index (κ2) is 11.9. The molecule has 0 fully saturated rings. The number of hydrogen-bond acceptors (Lipinski definition) is 6. The number of ether oxygens (including phenoxy) is 2. The summed E-state index contributed by atoms with van der Waals surface area (Å²) in [4.78, 5) is 40.7. The van der Waals surface area contributed by atoms with Gasteiger partial charge in [-0.2, -0.15) is 0 Å². The number of halogens is 1. The van der Waals surface area contributed by atoms with Crippen molar-refractivity contribution >= 4 is 39.8 Å². The number of carbonyl (C=O) groups excluding carboxylic acids is 3. The van der Waals surface area contributed by atoms with Crippen molar-refractivity contribution < 1.29 is 23.9 Å². The van der Waals surface area contributed by atoms with E-state index in [1.165, 1.54) is 0 Å². The Kier molecular flexibility index (Phi) is 10.2. The second-order valence-electron chi connectivity index (χ2n) is 8.97. The first-order chi connectivity index (χ1) is 14.2. The Morgan fingerprint density at radius 2 is 1.61 bits per heavy atom. The lowest BCUT2D eigenvalue weighted by Gasteiger charge is -2.23. The fourth-order valence-electron chi connectivity index (χ4n) is 2.36. The van der Waals surface area contributed by atoms with Gasteiger partial charge in [-0.1, -0.05) is 0 Å². The van der Waals surface area contributed by atoms with E-state index in [1.54, 1.807) is 59.9 Å². The van der Waals surface area contributed by atoms with Crippen molar-refractivity contribution in [3.05, 3.63) is 22.8 Å². The lowest BCUT2D eigenvalue weighted by molar-refractivity contribution is -0.118. The Hall–Kier alpha value is -2.36. The van der Waals surface area contributed by atoms with Gasteiger partial charge in [0.2, 0.25) is 5.91 Å². The van der Waals surface area contributed by atoms with E-state index in [1.807, 2.05) is 0 Å². The second-order valence-corrected chi connectivity index (χ2v) is 9.89. The molecule has 1 rings (SSSR count). The summed E-state index contributed by atoms with van der Waals surface area (Å²) in [6.07, 6.45) is 1.94. The van der Waals surface area contributed by atoms with E-state index < -0.39 is 35.3 Å². The van der Waals surface area contributed by atoms with Crippen LogP contribution in [0, 0.1) is 0 Å². The monoisotopic (exact) mass is 500 g/mol. The third-order valence-electron chi connectivity index (χ3n) is 3.57. The number of unbranched alkanes of at least 4 members (excludes halogenated alkanes) is 1. The zero-order valence-corrected chi connectivity index (χ0v) is 20.6. The van der Waals surface area contributed by atoms with E-state index in [2.05, 4.69) is 36.9 Å². The molecule has 10 heteroatoms. The molecule has 3 amide bonds. The van der Waals surface area contributed by atoms with Crippen molar-refractivity contribution in [2.45, 2.75) is 78.0 Å². The number of nitrogens with zero attached hydrogens (tertiary/aromatic N) is 1. The molecular weight excluding hydrogens is 468 g/mol. The highest BCUT2D eigenvalue weighted by Crippen LogP contribution is 2.13. The third kappa shape index (κ3) is 12.8. The number of carbonyl (C=O) groups is 3. The SMILES string of the molecule is CC(C)(C)OC(=O)NCCCC[C@H](NC(=O)OC(C)(C)C)C(=O)Nc1ccc(Br)cn1. The van der Waals surface area contributed by atoms with Crippen LogP contribution in [0.25, 0.3) is 0 Å². The average molecular weight is 501 g/mol. The summed E-state index contributed by atoms with van der Waals surface area (Å²) in [5.41, 5.74) is -1.25. The molecule has 0 aromatic carbocycles. The van der Waals surface area contributed by atoms with Crippen LogP contribution in [-0.2, 0) is 14.3 Å². The fraction of sp³-hybridized carbons (Fsp3) is 0.619. The van der Waals surface area contributed by atoms with Gasteiger partial charge in [-0.15, -0.1) is 0 Å². The molecule has 174 valence electrons. The summed E-state index contributed by atoms with van der Waals surface area (Å²) in [6.45, 7) is 11.0. The fourth-order valence-corrected chi connectivity index (χ4v) is 2.59. The molecule has 0 radical (unpaired) electrons. The van der Waals surface area contributed by atoms with Gasteiger partial charge >= 0.3 is 12.2 Å². The molecule has 0 saturated carbocycles. The van der Waals surface area contributed by atoms with Gasteiger partial charge < -0.3 is 25.4 Å². The molecule has 1 atom stereocenters. The Bertz CT molecular complexity index is 742. The molecule has 31 heavy (non-hydrogen) atoms. The Labute approximate surface area is 192 Å². The zero-order valence-electron chi connectivity index (χ0n) is 19.0. The minimum atomic E-state index is -0.818. The molecule has 0 saturated heterocycles. The van der Waals surface area contributed by atoms with Crippen molar-refractivity contribution in [3.63, 3.8) is 0 Å². The summed E-state index contributed by atoms with van der Waals surface area (Å²) in [6, 6.07) is 2.58. The van der Waals surface area contributed by atoms with Gasteiger partial charge in [-0.25, -0.2) is 14.6 Å². The van der Waals surface area contributed by atoms with Gasteiger partial charge in [0.1, 0.15) is 23.1 Å². The van der Waals surface area contributed by atoms with Crippen molar-refractivity contribution in [1.29, 1.82) is 0 Å². The predicted molar refractivity (Wildman–Crippen MR) is 122 cm³/mol. The van der Waals surface area contributed by atoms with Gasteiger partial charge in [0.05, 0.1) is 0 Å². The standard InChI is InChI=1S/C21H33BrN4O5/c1-20(2,3)30-18(28)23-12-8-7-9-15(25-19(29)31-21(4,5)6)17(27)26-16-11-10-14(22)13-24-16/h10-11,13,15H,7-9,12H2,1-6H3,(H,23,28)(H,25,29)(H,24,26,27)/t15-/m0/s1. The van der Waals surface area contributed by atoms with Crippen LogP contribution in [0.1, 0.15) is 60.8 Å². The topological polar surface area (TPSA) is 119 Å². The lowest BCUT2D eigenvalue weighted by atomic mass is 10.1. The minimum absolute atomic E-state index is 0.359. The van der Waals surface area contributed by atoms with Crippen LogP contribution in [0.4, 0.5) is 15.4 Å². The first-order valence-corrected chi connectivity index (χ1v) is 10.9. The molecule has 0 aliphatic carbocycles. The molecule has 0 bridgehead atoms. The van der Waals surface area contributed by atoms with Crippen molar-refractivity contribution in [3.8, 4) is 0 Å². The number of pyridine rings is 1. The van der Waals surface area contributed by atoms with Gasteiger partial charge in [-0.3, -0.25) is 4.79 Å². The van der Waals surface area contributed by atoms with Crippen LogP contribution in [0.15, 0.2) is 22.8 Å². The van der Waals surface area contributed by atoms with E-state index in [0.29, 0.717) is 31.6 Å². The summed E-state index contributed by atoms with van der Waals surface area (Å²) in [7, 11) is 0. The van der Waals surface area contributed by atoms with Gasteiger partial charge in [0.25, 0.3) is 0 Å². The van der Waals surface area contributed by atoms with Gasteiger partial charge in [-0.05, 0) is 88.9 Å². The maximum Gasteiger partial charge on any atom is 0.408 e. The Balaban J connectivity index is 2.61. The van der Waals surface area contributed by atoms with Crippen LogP contribution in [-0.4, -0.2) is 46.9 Å². The molecule has 9 nitrogen and oxygen atoms in total. The molecule has 1 heterocycles. The first-order valence-electron chi connectivity index (χ1n) is 10.1. The Morgan fingerprint density at radius 3 is 2.16 bits per heavy atom. The Morgan fingerprint density at radius 1 is 1.00 bits per heavy atom. The zero-order chi connectivity index (χ0) is 23.7. The van der Waals surface area contributed by atoms with Crippen LogP contribution in [0.2, 0.25) is 0 Å². The molecule has 0 unspecified atom stereocenters. The summed E-state index contributed by atoms with van der Waals surface area (Å²) < 4.78 is 11.2. The molecule has 0 spiro atoms. The molecular formula is C21H33BrN4O5. The molecule has 0 aliphatic rings. The van der Waals surface area contributed by atoms with Crippen molar-refractivity contribution in [2.24, 2.45) is 0 Å². The smallest absolute Gasteiger partial charge is 0.408 e. The molecule has 3 N–H and O–H groups in total. The number of anilines is 1. The van der Waals surface area contributed by atoms with E-state index in [4.69, 9.17) is 9.47 Å². The summed E-state index contributed by atoms with van der Waals surface area (Å²) >= 11 is 3.29. The van der Waals surface area contributed by atoms with E-state index in [9.17, 15) is 14.4 Å². The van der Waals surface area contributed by atoms with Crippen molar-refractivity contribution in [2.75, 3.05) is 11.9 Å². The van der Waals surface area contributed by atoms with E-state index in [0.717, 1.165) is 4.47 Å². The number of alkyl carbamates (subject to hydrolysis) is 2. The average Bonchev–Trinajstić information content (AvgIpc) is 2.59. The van der Waals surface area contributed by atoms with Crippen molar-refractivity contribution in [1.82, 2.24) is 15.6 Å². The number of amides is 3. The highest BCUT2D eigenvalue weighted by molar-refractivity contribution is 9.10. The first kappa shape index (κ1) is 26.7. The van der Waals surface area contributed by atoms with Crippen LogP contribution >= 0.6 is 15.9 Å². The predicted octanol–water partition coefficient (Wildman–Crippen LogP) is 4.37. The third-order valence-corrected chi connectivity index (χ3v) is 4.04. The maximum atomic E-state index is 12.7. The largest absolute Gasteiger partial charge is 0.444 e. The van der Waals surface area contributed by atoms with Gasteiger partial charge in [0.15, 0.2) is 0 Å². The van der Waals surface area contributed by atoms with Gasteiger partial charge in [0, 0.05) is 17.2 Å². The number of rotatable bonds is 8. The summed E-state index contributed by atoms with van der Waals surface area (Å²) in [5.74, 6) is -0.0310.